The van der Waals surface area contributed by atoms with Gasteiger partial charge in [-0.1, -0.05) is 51.1 Å². The van der Waals surface area contributed by atoms with Crippen molar-refractivity contribution in [3.05, 3.63) is 65.2 Å². The third-order valence-electron chi connectivity index (χ3n) is 5.47. The summed E-state index contributed by atoms with van der Waals surface area (Å²) in [4.78, 5) is 49.2. The van der Waals surface area contributed by atoms with Gasteiger partial charge in [0.2, 0.25) is 5.91 Å². The van der Waals surface area contributed by atoms with Crippen LogP contribution in [-0.4, -0.2) is 41.9 Å². The minimum absolute atomic E-state index is 0.0110. The van der Waals surface area contributed by atoms with Crippen molar-refractivity contribution in [2.75, 3.05) is 18.5 Å². The first-order valence-corrected chi connectivity index (χ1v) is 10.8. The summed E-state index contributed by atoms with van der Waals surface area (Å²) in [5.41, 5.74) is 5.54. The zero-order valence-corrected chi connectivity index (χ0v) is 19.3. The normalized spacial score (nSPS) is 15.8. The molecule has 0 radical (unpaired) electrons. The molecule has 3 amide bonds. The molecule has 8 heteroatoms. The predicted octanol–water partition coefficient (Wildman–Crippen LogP) is 2.97. The van der Waals surface area contributed by atoms with Gasteiger partial charge in [-0.25, -0.2) is 0 Å². The van der Waals surface area contributed by atoms with E-state index in [4.69, 9.17) is 4.74 Å². The van der Waals surface area contributed by atoms with Gasteiger partial charge in [-0.3, -0.25) is 29.6 Å². The molecule has 2 aromatic carbocycles. The summed E-state index contributed by atoms with van der Waals surface area (Å²) in [6, 6.07) is 14.4. The fourth-order valence-electron chi connectivity index (χ4n) is 3.44. The molecule has 0 aliphatic carbocycles. The standard InChI is InChI=1S/C25H29N3O5/c1-16-7-5-6-8-20(16)26-21(29)15-33-24(32)18-13-22(30)28(14-18)27-23(31)17-9-11-19(12-10-17)25(2,3)4/h5-12,18H,13-15H2,1-4H3,(H,26,29)(H,27,31)/t18-/m1/s1. The Labute approximate surface area is 193 Å². The molecule has 1 aliphatic heterocycles. The van der Waals surface area contributed by atoms with Crippen molar-refractivity contribution >= 4 is 29.4 Å². The van der Waals surface area contributed by atoms with Gasteiger partial charge in [-0.2, -0.15) is 0 Å². The molecule has 0 unspecified atom stereocenters. The molecule has 3 rings (SSSR count). The predicted molar refractivity (Wildman–Crippen MR) is 123 cm³/mol. The summed E-state index contributed by atoms with van der Waals surface area (Å²) >= 11 is 0. The highest BCUT2D eigenvalue weighted by molar-refractivity contribution is 5.97. The van der Waals surface area contributed by atoms with Gasteiger partial charge in [0.15, 0.2) is 6.61 Å². The molecule has 1 fully saturated rings. The topological polar surface area (TPSA) is 105 Å². The average Bonchev–Trinajstić information content (AvgIpc) is 3.13. The van der Waals surface area contributed by atoms with E-state index in [0.29, 0.717) is 11.3 Å². The Kier molecular flexibility index (Phi) is 7.16. The SMILES string of the molecule is Cc1ccccc1NC(=O)COC(=O)[C@@H]1CC(=O)N(NC(=O)c2ccc(C(C)(C)C)cc2)C1. The van der Waals surface area contributed by atoms with Gasteiger partial charge in [-0.15, -0.1) is 0 Å². The van der Waals surface area contributed by atoms with E-state index in [-0.39, 0.29) is 24.3 Å². The lowest BCUT2D eigenvalue weighted by Gasteiger charge is -2.20. The maximum Gasteiger partial charge on any atom is 0.311 e. The molecule has 33 heavy (non-hydrogen) atoms. The second-order valence-electron chi connectivity index (χ2n) is 9.14. The first-order valence-electron chi connectivity index (χ1n) is 10.8. The van der Waals surface area contributed by atoms with E-state index >= 15 is 0 Å². The maximum atomic E-state index is 12.5. The number of nitrogens with one attached hydrogen (secondary N) is 2. The van der Waals surface area contributed by atoms with Gasteiger partial charge >= 0.3 is 5.97 Å². The second kappa shape index (κ2) is 9.85. The highest BCUT2D eigenvalue weighted by Gasteiger charge is 2.36. The molecular weight excluding hydrogens is 422 g/mol. The van der Waals surface area contributed by atoms with Crippen LogP contribution in [0.2, 0.25) is 0 Å². The fourth-order valence-corrected chi connectivity index (χ4v) is 3.44. The lowest BCUT2D eigenvalue weighted by atomic mass is 9.87. The highest BCUT2D eigenvalue weighted by Crippen LogP contribution is 2.23. The van der Waals surface area contributed by atoms with E-state index in [1.807, 2.05) is 31.2 Å². The van der Waals surface area contributed by atoms with E-state index in [9.17, 15) is 19.2 Å². The van der Waals surface area contributed by atoms with E-state index in [1.165, 1.54) is 0 Å². The average molecular weight is 452 g/mol. The summed E-state index contributed by atoms with van der Waals surface area (Å²) in [6.07, 6.45) is -0.0957. The minimum atomic E-state index is -0.757. The lowest BCUT2D eigenvalue weighted by Crippen LogP contribution is -2.43. The molecule has 0 saturated carbocycles. The largest absolute Gasteiger partial charge is 0.455 e. The van der Waals surface area contributed by atoms with Gasteiger partial charge < -0.3 is 10.1 Å². The van der Waals surface area contributed by atoms with Crippen LogP contribution in [0.3, 0.4) is 0 Å². The van der Waals surface area contributed by atoms with Crippen LogP contribution in [0.5, 0.6) is 0 Å². The summed E-state index contributed by atoms with van der Waals surface area (Å²) in [7, 11) is 0. The van der Waals surface area contributed by atoms with Crippen molar-refractivity contribution in [2.24, 2.45) is 5.92 Å². The molecule has 8 nitrogen and oxygen atoms in total. The van der Waals surface area contributed by atoms with Gasteiger partial charge in [-0.05, 0) is 41.7 Å². The number of anilines is 1. The summed E-state index contributed by atoms with van der Waals surface area (Å²) in [5, 5.41) is 3.80. The molecule has 1 atom stereocenters. The van der Waals surface area contributed by atoms with Gasteiger partial charge in [0.1, 0.15) is 0 Å². The van der Waals surface area contributed by atoms with Crippen LogP contribution in [0.15, 0.2) is 48.5 Å². The molecule has 1 heterocycles. The Bertz CT molecular complexity index is 1060. The lowest BCUT2D eigenvalue weighted by molar-refractivity contribution is -0.151. The highest BCUT2D eigenvalue weighted by atomic mass is 16.5. The molecule has 1 aliphatic rings. The van der Waals surface area contributed by atoms with Crippen LogP contribution in [0.4, 0.5) is 5.69 Å². The van der Waals surface area contributed by atoms with Crippen molar-refractivity contribution in [1.29, 1.82) is 0 Å². The van der Waals surface area contributed by atoms with Crippen LogP contribution >= 0.6 is 0 Å². The van der Waals surface area contributed by atoms with Crippen LogP contribution in [0, 0.1) is 12.8 Å². The zero-order valence-electron chi connectivity index (χ0n) is 19.3. The number of esters is 1. The van der Waals surface area contributed by atoms with Crippen LogP contribution < -0.4 is 10.7 Å². The Morgan fingerprint density at radius 3 is 2.36 bits per heavy atom. The van der Waals surface area contributed by atoms with Crippen LogP contribution in [0.25, 0.3) is 0 Å². The number of carbonyl (C=O) groups is 4. The molecule has 2 N–H and O–H groups in total. The number of rotatable bonds is 6. The van der Waals surface area contributed by atoms with Crippen molar-refractivity contribution in [1.82, 2.24) is 10.4 Å². The number of benzene rings is 2. The summed E-state index contributed by atoms with van der Waals surface area (Å²) < 4.78 is 5.09. The molecule has 174 valence electrons. The van der Waals surface area contributed by atoms with E-state index in [0.717, 1.165) is 16.1 Å². The van der Waals surface area contributed by atoms with Crippen molar-refractivity contribution in [2.45, 2.75) is 39.5 Å². The first kappa shape index (κ1) is 24.0. The van der Waals surface area contributed by atoms with Crippen molar-refractivity contribution in [3.8, 4) is 0 Å². The quantitative estimate of drug-likeness (QED) is 0.657. The molecule has 0 aromatic heterocycles. The zero-order chi connectivity index (χ0) is 24.2. The monoisotopic (exact) mass is 451 g/mol. The number of hydrogen-bond donors (Lipinski definition) is 2. The number of hydrogen-bond acceptors (Lipinski definition) is 5. The Morgan fingerprint density at radius 2 is 1.73 bits per heavy atom. The Balaban J connectivity index is 1.50. The number of nitrogens with zero attached hydrogens (tertiary/aromatic N) is 1. The first-order chi connectivity index (χ1) is 15.5. The molecular formula is C25H29N3O5. The Hall–Kier alpha value is -3.68. The molecule has 2 aromatic rings. The third kappa shape index (κ3) is 6.19. The number of aryl methyl sites for hydroxylation is 1. The smallest absolute Gasteiger partial charge is 0.311 e. The number of ether oxygens (including phenoxy) is 1. The van der Waals surface area contributed by atoms with E-state index < -0.39 is 30.3 Å². The van der Waals surface area contributed by atoms with Crippen molar-refractivity contribution in [3.63, 3.8) is 0 Å². The number of hydrazine groups is 1. The Morgan fingerprint density at radius 1 is 1.06 bits per heavy atom. The van der Waals surface area contributed by atoms with Gasteiger partial charge in [0, 0.05) is 17.7 Å². The number of carbonyl (C=O) groups excluding carboxylic acids is 4. The van der Waals surface area contributed by atoms with Crippen LogP contribution in [0.1, 0.15) is 48.7 Å². The summed E-state index contributed by atoms with van der Waals surface area (Å²) in [5.74, 6) is -2.70. The van der Waals surface area contributed by atoms with Crippen molar-refractivity contribution < 1.29 is 23.9 Å². The number of amides is 3. The molecule has 0 spiro atoms. The third-order valence-corrected chi connectivity index (χ3v) is 5.47. The van der Waals surface area contributed by atoms with E-state index in [2.05, 4.69) is 31.5 Å². The molecule has 1 saturated heterocycles. The maximum absolute atomic E-state index is 12.5. The molecule has 0 bridgehead atoms. The summed E-state index contributed by atoms with van der Waals surface area (Å²) in [6.45, 7) is 7.63. The number of para-hydroxylation sites is 1. The second-order valence-corrected chi connectivity index (χ2v) is 9.14. The fraction of sp³-hybridized carbons (Fsp3) is 0.360. The van der Waals surface area contributed by atoms with Crippen LogP contribution in [-0.2, 0) is 24.5 Å². The van der Waals surface area contributed by atoms with E-state index in [1.54, 1.807) is 24.3 Å². The van der Waals surface area contributed by atoms with Gasteiger partial charge in [0.05, 0.1) is 12.5 Å². The minimum Gasteiger partial charge on any atom is -0.455 e. The van der Waals surface area contributed by atoms with Gasteiger partial charge in [0.25, 0.3) is 11.8 Å².